The van der Waals surface area contributed by atoms with Crippen molar-refractivity contribution in [3.63, 3.8) is 0 Å². The number of rotatable bonds is 2. The Morgan fingerprint density at radius 3 is 2.11 bits per heavy atom. The van der Waals surface area contributed by atoms with Crippen LogP contribution in [-0.2, 0) is 28.4 Å². The minimum absolute atomic E-state index is 0.198. The van der Waals surface area contributed by atoms with Gasteiger partial charge in [0.05, 0.1) is 6.61 Å². The predicted molar refractivity (Wildman–Crippen MR) is 64.4 cm³/mol. The average molecular weight is 274 g/mol. The first kappa shape index (κ1) is 13.7. The van der Waals surface area contributed by atoms with E-state index in [0.29, 0.717) is 6.61 Å². The third kappa shape index (κ3) is 2.41. The molecule has 3 aliphatic heterocycles. The molecule has 0 aromatic carbocycles. The first-order valence-corrected chi connectivity index (χ1v) is 6.67. The summed E-state index contributed by atoms with van der Waals surface area (Å²) in [5.41, 5.74) is 0. The Kier molecular flexibility index (Phi) is 3.16. The summed E-state index contributed by atoms with van der Waals surface area (Å²) in [6.07, 6.45) is -1.32. The van der Waals surface area contributed by atoms with Crippen molar-refractivity contribution >= 4 is 0 Å². The molecule has 0 aromatic rings. The fourth-order valence-corrected chi connectivity index (χ4v) is 2.99. The van der Waals surface area contributed by atoms with Crippen molar-refractivity contribution in [1.82, 2.24) is 0 Å². The summed E-state index contributed by atoms with van der Waals surface area (Å²) in [4.78, 5) is 0. The van der Waals surface area contributed by atoms with Crippen LogP contribution in [0.5, 0.6) is 0 Å². The monoisotopic (exact) mass is 274 g/mol. The van der Waals surface area contributed by atoms with Crippen LogP contribution in [0.2, 0.25) is 0 Å². The maximum absolute atomic E-state index is 5.97. The van der Waals surface area contributed by atoms with Crippen LogP contribution in [-0.4, -0.2) is 56.0 Å². The van der Waals surface area contributed by atoms with Crippen LogP contribution in [0.1, 0.15) is 27.7 Å². The summed E-state index contributed by atoms with van der Waals surface area (Å²) < 4.78 is 34.7. The Labute approximate surface area is 113 Å². The molecular formula is C13H22O6. The predicted octanol–water partition coefficient (Wildman–Crippen LogP) is 1.03. The number of hydrogen-bond donors (Lipinski definition) is 0. The highest BCUT2D eigenvalue weighted by atomic mass is 16.9. The molecular weight excluding hydrogens is 252 g/mol. The fourth-order valence-electron chi connectivity index (χ4n) is 2.99. The van der Waals surface area contributed by atoms with Crippen molar-refractivity contribution in [2.24, 2.45) is 0 Å². The SMILES string of the molecule is COC[C@H]1O[C@@H]2OC(C)(C)O[C@@H]2C2OC(C)(C)OC21. The molecule has 3 aliphatic rings. The molecule has 6 nitrogen and oxygen atoms in total. The quantitative estimate of drug-likeness (QED) is 0.749. The molecule has 3 fully saturated rings. The molecule has 0 aliphatic carbocycles. The molecule has 3 saturated heterocycles. The van der Waals surface area contributed by atoms with Crippen LogP contribution in [0.4, 0.5) is 0 Å². The van der Waals surface area contributed by atoms with Gasteiger partial charge in [-0.05, 0) is 27.7 Å². The number of methoxy groups -OCH3 is 1. The van der Waals surface area contributed by atoms with Gasteiger partial charge < -0.3 is 28.4 Å². The Balaban J connectivity index is 1.84. The maximum atomic E-state index is 5.97. The van der Waals surface area contributed by atoms with E-state index in [9.17, 15) is 0 Å². The van der Waals surface area contributed by atoms with Gasteiger partial charge in [0.25, 0.3) is 0 Å². The van der Waals surface area contributed by atoms with E-state index in [0.717, 1.165) is 0 Å². The minimum atomic E-state index is -0.669. The van der Waals surface area contributed by atoms with Gasteiger partial charge in [0.15, 0.2) is 17.9 Å². The molecule has 0 amide bonds. The smallest absolute Gasteiger partial charge is 0.190 e. The molecule has 2 unspecified atom stereocenters. The van der Waals surface area contributed by atoms with Gasteiger partial charge in [-0.2, -0.15) is 0 Å². The van der Waals surface area contributed by atoms with Gasteiger partial charge in [-0.15, -0.1) is 0 Å². The zero-order valence-electron chi connectivity index (χ0n) is 12.0. The standard InChI is InChI=1S/C13H22O6/c1-12(2)16-8-7(6-14-5)15-11-10(9(8)17-12)18-13(3,4)19-11/h7-11H,6H2,1-5H3/t7-,8?,9?,10-,11-/m1/s1. The van der Waals surface area contributed by atoms with Crippen LogP contribution in [0.25, 0.3) is 0 Å². The number of ether oxygens (including phenoxy) is 6. The van der Waals surface area contributed by atoms with Crippen molar-refractivity contribution < 1.29 is 28.4 Å². The molecule has 19 heavy (non-hydrogen) atoms. The summed E-state index contributed by atoms with van der Waals surface area (Å²) in [5.74, 6) is -1.31. The Morgan fingerprint density at radius 2 is 1.42 bits per heavy atom. The fraction of sp³-hybridized carbons (Fsp3) is 1.00. The van der Waals surface area contributed by atoms with Gasteiger partial charge in [-0.25, -0.2) is 0 Å². The largest absolute Gasteiger partial charge is 0.382 e. The molecule has 3 rings (SSSR count). The lowest BCUT2D eigenvalue weighted by Gasteiger charge is -2.36. The molecule has 3 heterocycles. The maximum Gasteiger partial charge on any atom is 0.190 e. The third-order valence-corrected chi connectivity index (χ3v) is 3.58. The normalized spacial score (nSPS) is 46.9. The highest BCUT2D eigenvalue weighted by Crippen LogP contribution is 2.43. The lowest BCUT2D eigenvalue weighted by molar-refractivity contribution is -0.241. The van der Waals surface area contributed by atoms with Crippen LogP contribution < -0.4 is 0 Å². The summed E-state index contributed by atoms with van der Waals surface area (Å²) in [7, 11) is 1.64. The molecule has 5 atom stereocenters. The zero-order valence-corrected chi connectivity index (χ0v) is 12.0. The second-order valence-corrected chi connectivity index (χ2v) is 6.16. The van der Waals surface area contributed by atoms with Gasteiger partial charge in [0.2, 0.25) is 0 Å². The van der Waals surface area contributed by atoms with Crippen molar-refractivity contribution in [3.8, 4) is 0 Å². The minimum Gasteiger partial charge on any atom is -0.382 e. The van der Waals surface area contributed by atoms with Gasteiger partial charge in [-0.3, -0.25) is 0 Å². The Hall–Kier alpha value is -0.240. The van der Waals surface area contributed by atoms with Gasteiger partial charge >= 0.3 is 0 Å². The van der Waals surface area contributed by atoms with Crippen LogP contribution in [0.15, 0.2) is 0 Å². The topological polar surface area (TPSA) is 55.4 Å². The molecule has 0 saturated carbocycles. The summed E-state index contributed by atoms with van der Waals surface area (Å²) in [5, 5.41) is 0. The average Bonchev–Trinajstić information content (AvgIpc) is 2.74. The lowest BCUT2D eigenvalue weighted by Crippen LogP contribution is -2.56. The highest BCUT2D eigenvalue weighted by molar-refractivity contribution is 4.99. The van der Waals surface area contributed by atoms with Crippen LogP contribution in [0.3, 0.4) is 0 Å². The van der Waals surface area contributed by atoms with E-state index in [-0.39, 0.29) is 24.4 Å². The lowest BCUT2D eigenvalue weighted by atomic mass is 9.99. The van der Waals surface area contributed by atoms with Crippen molar-refractivity contribution in [3.05, 3.63) is 0 Å². The first-order chi connectivity index (χ1) is 8.81. The third-order valence-electron chi connectivity index (χ3n) is 3.58. The second-order valence-electron chi connectivity index (χ2n) is 6.16. The highest BCUT2D eigenvalue weighted by Gasteiger charge is 2.60. The molecule has 6 heteroatoms. The van der Waals surface area contributed by atoms with Crippen LogP contribution in [0, 0.1) is 0 Å². The molecule has 0 radical (unpaired) electrons. The van der Waals surface area contributed by atoms with E-state index < -0.39 is 17.9 Å². The van der Waals surface area contributed by atoms with Gasteiger partial charge in [0, 0.05) is 7.11 Å². The van der Waals surface area contributed by atoms with Crippen molar-refractivity contribution in [2.75, 3.05) is 13.7 Å². The van der Waals surface area contributed by atoms with Crippen molar-refractivity contribution in [1.29, 1.82) is 0 Å². The van der Waals surface area contributed by atoms with E-state index in [1.807, 2.05) is 27.7 Å². The number of fused-ring (bicyclic) bond motifs is 3. The molecule has 0 N–H and O–H groups in total. The van der Waals surface area contributed by atoms with E-state index in [2.05, 4.69) is 0 Å². The second kappa shape index (κ2) is 4.38. The van der Waals surface area contributed by atoms with E-state index in [1.54, 1.807) is 7.11 Å². The van der Waals surface area contributed by atoms with E-state index in [1.165, 1.54) is 0 Å². The first-order valence-electron chi connectivity index (χ1n) is 6.67. The molecule has 0 aromatic heterocycles. The van der Waals surface area contributed by atoms with E-state index in [4.69, 9.17) is 28.4 Å². The van der Waals surface area contributed by atoms with Crippen LogP contribution >= 0.6 is 0 Å². The summed E-state index contributed by atoms with van der Waals surface area (Å²) in [6.45, 7) is 7.97. The summed E-state index contributed by atoms with van der Waals surface area (Å²) in [6, 6.07) is 0. The molecule has 0 bridgehead atoms. The van der Waals surface area contributed by atoms with Gasteiger partial charge in [0.1, 0.15) is 24.4 Å². The Morgan fingerprint density at radius 1 is 0.842 bits per heavy atom. The van der Waals surface area contributed by atoms with Crippen molar-refractivity contribution in [2.45, 2.75) is 70.0 Å². The number of hydrogen-bond acceptors (Lipinski definition) is 6. The zero-order chi connectivity index (χ0) is 13.8. The summed E-state index contributed by atoms with van der Waals surface area (Å²) >= 11 is 0. The van der Waals surface area contributed by atoms with Gasteiger partial charge in [-0.1, -0.05) is 0 Å². The van der Waals surface area contributed by atoms with E-state index >= 15 is 0 Å². The molecule has 110 valence electrons. The Bertz CT molecular complexity index is 355. The molecule has 0 spiro atoms.